The average Bonchev–Trinajstić information content (AvgIpc) is 2.14. The molecule has 0 aromatic heterocycles. The number of rotatable bonds is 3. The highest BCUT2D eigenvalue weighted by Crippen LogP contribution is 2.31. The molecule has 0 saturated carbocycles. The molecule has 1 rings (SSSR count). The number of aryl methyl sites for hydroxylation is 1. The minimum atomic E-state index is -1.02. The van der Waals surface area contributed by atoms with Crippen LogP contribution in [-0.4, -0.2) is 17.7 Å². The van der Waals surface area contributed by atoms with E-state index in [0.717, 1.165) is 5.56 Å². The molecule has 0 fully saturated rings. The van der Waals surface area contributed by atoms with Crippen molar-refractivity contribution in [3.05, 3.63) is 27.8 Å². The minimum Gasteiger partial charge on any atom is -0.493 e. The smallest absolute Gasteiger partial charge is 0.339 e. The topological polar surface area (TPSA) is 46.5 Å². The molecular weight excluding hydrogens is 216 g/mol. The molecular formula is C11H13ClO3. The molecule has 0 amide bonds. The van der Waals surface area contributed by atoms with Crippen LogP contribution in [0.25, 0.3) is 0 Å². The molecule has 1 aromatic rings. The van der Waals surface area contributed by atoms with Crippen molar-refractivity contribution in [1.29, 1.82) is 0 Å². The zero-order valence-corrected chi connectivity index (χ0v) is 9.68. The summed E-state index contributed by atoms with van der Waals surface area (Å²) in [4.78, 5) is 11.0. The van der Waals surface area contributed by atoms with Crippen molar-refractivity contribution >= 4 is 17.6 Å². The van der Waals surface area contributed by atoms with Gasteiger partial charge in [-0.05, 0) is 38.0 Å². The Morgan fingerprint density at radius 2 is 2.13 bits per heavy atom. The van der Waals surface area contributed by atoms with Gasteiger partial charge in [-0.15, -0.1) is 0 Å². The van der Waals surface area contributed by atoms with Gasteiger partial charge in [0.2, 0.25) is 0 Å². The monoisotopic (exact) mass is 228 g/mol. The fraction of sp³-hybridized carbons (Fsp3) is 0.364. The van der Waals surface area contributed by atoms with Gasteiger partial charge in [-0.3, -0.25) is 0 Å². The predicted molar refractivity (Wildman–Crippen MR) is 59.1 cm³/mol. The van der Waals surface area contributed by atoms with Crippen LogP contribution in [0.5, 0.6) is 5.75 Å². The summed E-state index contributed by atoms with van der Waals surface area (Å²) in [5.41, 5.74) is 1.52. The quantitative estimate of drug-likeness (QED) is 0.865. The number of hydrogen-bond donors (Lipinski definition) is 1. The number of ether oxygens (including phenoxy) is 1. The van der Waals surface area contributed by atoms with Crippen molar-refractivity contribution in [3.8, 4) is 5.75 Å². The van der Waals surface area contributed by atoms with Crippen molar-refractivity contribution in [2.75, 3.05) is 6.61 Å². The summed E-state index contributed by atoms with van der Waals surface area (Å²) < 4.78 is 5.28. The molecule has 0 aliphatic heterocycles. The Balaban J connectivity index is 3.43. The van der Waals surface area contributed by atoms with Crippen LogP contribution < -0.4 is 4.74 Å². The second-order valence-electron chi connectivity index (χ2n) is 3.24. The van der Waals surface area contributed by atoms with E-state index in [0.29, 0.717) is 22.9 Å². The summed E-state index contributed by atoms with van der Waals surface area (Å²) in [6, 6.07) is 1.66. The van der Waals surface area contributed by atoms with Gasteiger partial charge in [0.15, 0.2) is 0 Å². The first-order valence-corrected chi connectivity index (χ1v) is 5.02. The molecule has 0 bridgehead atoms. The molecule has 1 N–H and O–H groups in total. The van der Waals surface area contributed by atoms with Crippen LogP contribution in [0.4, 0.5) is 0 Å². The largest absolute Gasteiger partial charge is 0.493 e. The van der Waals surface area contributed by atoms with Gasteiger partial charge in [0.25, 0.3) is 0 Å². The Morgan fingerprint density at radius 3 is 2.60 bits per heavy atom. The molecule has 0 unspecified atom stereocenters. The first-order chi connectivity index (χ1) is 6.99. The Labute approximate surface area is 93.6 Å². The highest BCUT2D eigenvalue weighted by atomic mass is 35.5. The van der Waals surface area contributed by atoms with E-state index in [4.69, 9.17) is 21.4 Å². The number of hydrogen-bond acceptors (Lipinski definition) is 2. The molecule has 0 saturated heterocycles. The molecule has 3 nitrogen and oxygen atoms in total. The second-order valence-corrected chi connectivity index (χ2v) is 3.62. The summed E-state index contributed by atoms with van der Waals surface area (Å²) in [6.07, 6.45) is 0. The van der Waals surface area contributed by atoms with Crippen LogP contribution in [0.15, 0.2) is 6.07 Å². The Hall–Kier alpha value is -1.22. The van der Waals surface area contributed by atoms with Crippen molar-refractivity contribution in [2.24, 2.45) is 0 Å². The van der Waals surface area contributed by atoms with Crippen molar-refractivity contribution in [1.82, 2.24) is 0 Å². The maximum absolute atomic E-state index is 11.0. The van der Waals surface area contributed by atoms with Crippen molar-refractivity contribution in [2.45, 2.75) is 20.8 Å². The second kappa shape index (κ2) is 4.53. The summed E-state index contributed by atoms with van der Waals surface area (Å²) >= 11 is 5.98. The molecule has 0 spiro atoms. The summed E-state index contributed by atoms with van der Waals surface area (Å²) in [5, 5.41) is 9.53. The van der Waals surface area contributed by atoms with Crippen LogP contribution >= 0.6 is 11.6 Å². The fourth-order valence-corrected chi connectivity index (χ4v) is 1.61. The van der Waals surface area contributed by atoms with E-state index in [1.807, 2.05) is 13.8 Å². The van der Waals surface area contributed by atoms with Gasteiger partial charge in [-0.25, -0.2) is 4.79 Å². The maximum Gasteiger partial charge on any atom is 0.339 e. The molecule has 0 heterocycles. The lowest BCUT2D eigenvalue weighted by Gasteiger charge is -2.12. The molecule has 1 aromatic carbocycles. The van der Waals surface area contributed by atoms with Crippen LogP contribution in [-0.2, 0) is 0 Å². The van der Waals surface area contributed by atoms with E-state index in [1.54, 1.807) is 13.0 Å². The number of carbonyl (C=O) groups is 1. The SMILES string of the molecule is CCOc1cc(C)c(Cl)c(C)c1C(=O)O. The number of benzene rings is 1. The van der Waals surface area contributed by atoms with E-state index < -0.39 is 5.97 Å². The Morgan fingerprint density at radius 1 is 1.53 bits per heavy atom. The normalized spacial score (nSPS) is 10.1. The summed E-state index contributed by atoms with van der Waals surface area (Å²) in [6.45, 7) is 5.75. The maximum atomic E-state index is 11.0. The lowest BCUT2D eigenvalue weighted by Crippen LogP contribution is -2.06. The number of aromatic carboxylic acids is 1. The van der Waals surface area contributed by atoms with Crippen LogP contribution in [0, 0.1) is 13.8 Å². The van der Waals surface area contributed by atoms with Gasteiger partial charge < -0.3 is 9.84 Å². The molecule has 0 atom stereocenters. The third kappa shape index (κ3) is 2.23. The lowest BCUT2D eigenvalue weighted by molar-refractivity contribution is 0.0691. The Bertz CT molecular complexity index is 399. The summed E-state index contributed by atoms with van der Waals surface area (Å²) in [5.74, 6) is -0.637. The van der Waals surface area contributed by atoms with Crippen LogP contribution in [0.1, 0.15) is 28.4 Å². The predicted octanol–water partition coefficient (Wildman–Crippen LogP) is 3.05. The van der Waals surface area contributed by atoms with E-state index in [2.05, 4.69) is 0 Å². The molecule has 0 aliphatic rings. The van der Waals surface area contributed by atoms with E-state index in [9.17, 15) is 4.79 Å². The molecule has 0 aliphatic carbocycles. The van der Waals surface area contributed by atoms with Gasteiger partial charge >= 0.3 is 5.97 Å². The van der Waals surface area contributed by atoms with E-state index >= 15 is 0 Å². The van der Waals surface area contributed by atoms with Crippen molar-refractivity contribution in [3.63, 3.8) is 0 Å². The number of halogens is 1. The van der Waals surface area contributed by atoms with Crippen molar-refractivity contribution < 1.29 is 14.6 Å². The molecule has 4 heteroatoms. The first-order valence-electron chi connectivity index (χ1n) is 4.64. The number of carboxylic acids is 1. The fourth-order valence-electron chi connectivity index (χ4n) is 1.46. The van der Waals surface area contributed by atoms with Gasteiger partial charge in [-0.1, -0.05) is 11.6 Å². The highest BCUT2D eigenvalue weighted by Gasteiger charge is 2.18. The van der Waals surface area contributed by atoms with E-state index in [-0.39, 0.29) is 5.56 Å². The molecule has 0 radical (unpaired) electrons. The standard InChI is InChI=1S/C11H13ClO3/c1-4-15-8-5-6(2)10(12)7(3)9(8)11(13)14/h5H,4H2,1-3H3,(H,13,14). The highest BCUT2D eigenvalue weighted by molar-refractivity contribution is 6.32. The molecule has 82 valence electrons. The molecule has 15 heavy (non-hydrogen) atoms. The van der Waals surface area contributed by atoms with Crippen LogP contribution in [0.3, 0.4) is 0 Å². The van der Waals surface area contributed by atoms with Gasteiger partial charge in [-0.2, -0.15) is 0 Å². The third-order valence-electron chi connectivity index (χ3n) is 2.16. The van der Waals surface area contributed by atoms with Gasteiger partial charge in [0.05, 0.1) is 6.61 Å². The van der Waals surface area contributed by atoms with E-state index in [1.165, 1.54) is 0 Å². The first kappa shape index (κ1) is 11.9. The average molecular weight is 229 g/mol. The number of carboxylic acid groups (broad SMARTS) is 1. The van der Waals surface area contributed by atoms with Crippen LogP contribution in [0.2, 0.25) is 5.02 Å². The lowest BCUT2D eigenvalue weighted by atomic mass is 10.0. The zero-order chi connectivity index (χ0) is 11.6. The van der Waals surface area contributed by atoms with Gasteiger partial charge in [0, 0.05) is 5.02 Å². The summed E-state index contributed by atoms with van der Waals surface area (Å²) in [7, 11) is 0. The third-order valence-corrected chi connectivity index (χ3v) is 2.74. The minimum absolute atomic E-state index is 0.146. The van der Waals surface area contributed by atoms with Gasteiger partial charge in [0.1, 0.15) is 11.3 Å². The zero-order valence-electron chi connectivity index (χ0n) is 8.93. The Kier molecular flexibility index (Phi) is 3.58.